The Morgan fingerprint density at radius 1 is 1.26 bits per heavy atom. The first-order valence-corrected chi connectivity index (χ1v) is 9.31. The lowest BCUT2D eigenvalue weighted by Crippen LogP contribution is -2.53. The molecule has 0 heterocycles. The number of rotatable bonds is 4. The van der Waals surface area contributed by atoms with Crippen LogP contribution in [0.1, 0.15) is 50.5 Å². The molecular formula is C17H24N2O3S. The molecule has 126 valence electrons. The molecule has 5 nitrogen and oxygen atoms in total. The van der Waals surface area contributed by atoms with E-state index in [0.717, 1.165) is 6.26 Å². The van der Waals surface area contributed by atoms with Crippen LogP contribution in [0.2, 0.25) is 0 Å². The van der Waals surface area contributed by atoms with Crippen molar-refractivity contribution in [2.75, 3.05) is 6.26 Å². The van der Waals surface area contributed by atoms with Crippen molar-refractivity contribution in [3.63, 3.8) is 0 Å². The molecule has 23 heavy (non-hydrogen) atoms. The largest absolute Gasteiger partial charge is 0.333 e. The maximum absolute atomic E-state index is 12.5. The third kappa shape index (κ3) is 4.11. The highest BCUT2D eigenvalue weighted by Gasteiger charge is 2.39. The quantitative estimate of drug-likeness (QED) is 0.916. The van der Waals surface area contributed by atoms with Crippen molar-refractivity contribution in [3.8, 4) is 6.07 Å². The first-order chi connectivity index (χ1) is 10.4. The summed E-state index contributed by atoms with van der Waals surface area (Å²) < 4.78 is 23.8. The zero-order valence-corrected chi connectivity index (χ0v) is 15.3. The monoisotopic (exact) mass is 336 g/mol. The number of hydrogen-bond acceptors (Lipinski definition) is 4. The van der Waals surface area contributed by atoms with Crippen LogP contribution in [0.5, 0.6) is 0 Å². The van der Waals surface area contributed by atoms with Crippen LogP contribution in [-0.2, 0) is 16.3 Å². The molecule has 0 bridgehead atoms. The van der Waals surface area contributed by atoms with E-state index >= 15 is 0 Å². The topological polar surface area (TPSA) is 87.0 Å². The van der Waals surface area contributed by atoms with Gasteiger partial charge >= 0.3 is 0 Å². The lowest BCUT2D eigenvalue weighted by Gasteiger charge is -2.36. The summed E-state index contributed by atoms with van der Waals surface area (Å²) >= 11 is 0. The molecular weight excluding hydrogens is 312 g/mol. The van der Waals surface area contributed by atoms with Crippen molar-refractivity contribution in [2.45, 2.75) is 51.5 Å². The zero-order chi connectivity index (χ0) is 18.1. The summed E-state index contributed by atoms with van der Waals surface area (Å²) in [6, 6.07) is 6.75. The van der Waals surface area contributed by atoms with Gasteiger partial charge in [0.1, 0.15) is 5.54 Å². The molecule has 0 aliphatic rings. The number of aryl methyl sites for hydroxylation is 1. The Balaban J connectivity index is 3.29. The predicted octanol–water partition coefficient (Wildman–Crippen LogP) is 2.71. The number of sulfone groups is 1. The van der Waals surface area contributed by atoms with Crippen LogP contribution in [-0.4, -0.2) is 26.1 Å². The molecule has 0 saturated heterocycles. The van der Waals surface area contributed by atoms with Gasteiger partial charge in [-0.05, 0) is 36.5 Å². The Morgan fingerprint density at radius 2 is 1.83 bits per heavy atom. The molecule has 0 aliphatic heterocycles. The average Bonchev–Trinajstić information content (AvgIpc) is 2.44. The number of nitriles is 1. The summed E-state index contributed by atoms with van der Waals surface area (Å²) in [5, 5.41) is 12.1. The van der Waals surface area contributed by atoms with E-state index < -0.39 is 26.7 Å². The molecule has 1 aromatic carbocycles. The van der Waals surface area contributed by atoms with Gasteiger partial charge in [0.05, 0.1) is 11.0 Å². The second kappa shape index (κ2) is 6.32. The van der Waals surface area contributed by atoms with Gasteiger partial charge < -0.3 is 5.32 Å². The van der Waals surface area contributed by atoms with Crippen LogP contribution in [0, 0.1) is 16.7 Å². The second-order valence-corrected chi connectivity index (χ2v) is 8.87. The van der Waals surface area contributed by atoms with E-state index in [2.05, 4.69) is 11.4 Å². The van der Waals surface area contributed by atoms with Crippen molar-refractivity contribution in [1.29, 1.82) is 5.26 Å². The number of nitrogens with zero attached hydrogens (tertiary/aromatic N) is 1. The fraction of sp³-hybridized carbons (Fsp3) is 0.529. The van der Waals surface area contributed by atoms with Gasteiger partial charge in [0.15, 0.2) is 9.84 Å². The molecule has 1 aromatic rings. The number of hydrogen-bond donors (Lipinski definition) is 1. The van der Waals surface area contributed by atoms with Gasteiger partial charge in [0.25, 0.3) is 5.91 Å². The van der Waals surface area contributed by atoms with Crippen molar-refractivity contribution < 1.29 is 13.2 Å². The summed E-state index contributed by atoms with van der Waals surface area (Å²) in [4.78, 5) is 12.6. The Bertz CT molecular complexity index is 755. The molecule has 1 atom stereocenters. The van der Waals surface area contributed by atoms with Crippen LogP contribution in [0.3, 0.4) is 0 Å². The van der Waals surface area contributed by atoms with Gasteiger partial charge in [0, 0.05) is 11.8 Å². The van der Waals surface area contributed by atoms with E-state index in [1.807, 2.05) is 27.7 Å². The van der Waals surface area contributed by atoms with E-state index in [-0.39, 0.29) is 10.5 Å². The molecule has 1 amide bonds. The Morgan fingerprint density at radius 3 is 2.22 bits per heavy atom. The highest BCUT2D eigenvalue weighted by Crippen LogP contribution is 2.30. The van der Waals surface area contributed by atoms with E-state index in [9.17, 15) is 18.5 Å². The van der Waals surface area contributed by atoms with Crippen molar-refractivity contribution in [1.82, 2.24) is 5.32 Å². The lowest BCUT2D eigenvalue weighted by atomic mass is 9.76. The maximum atomic E-state index is 12.5. The minimum absolute atomic E-state index is 0.155. The SMILES string of the molecule is CCc1ccc(C(=O)N[C@](C)(C#N)C(C)(C)C)cc1S(C)(=O)=O. The first kappa shape index (κ1) is 19.2. The zero-order valence-electron chi connectivity index (χ0n) is 14.5. The molecule has 1 rings (SSSR count). The summed E-state index contributed by atoms with van der Waals surface area (Å²) in [5.41, 5.74) is -0.643. The van der Waals surface area contributed by atoms with Crippen LogP contribution >= 0.6 is 0 Å². The Labute approximate surface area is 138 Å². The minimum atomic E-state index is -3.42. The van der Waals surface area contributed by atoms with Gasteiger partial charge in [0.2, 0.25) is 0 Å². The van der Waals surface area contributed by atoms with Crippen LogP contribution < -0.4 is 5.32 Å². The molecule has 0 saturated carbocycles. The van der Waals surface area contributed by atoms with Crippen LogP contribution in [0.4, 0.5) is 0 Å². The Kier molecular flexibility index (Phi) is 5.27. The molecule has 0 aliphatic carbocycles. The van der Waals surface area contributed by atoms with Crippen LogP contribution in [0.15, 0.2) is 23.1 Å². The molecule has 0 aromatic heterocycles. The highest BCUT2D eigenvalue weighted by atomic mass is 32.2. The van der Waals surface area contributed by atoms with Gasteiger partial charge in [-0.1, -0.05) is 33.8 Å². The molecule has 6 heteroatoms. The number of carbonyl (C=O) groups excluding carboxylic acids is 1. The second-order valence-electron chi connectivity index (χ2n) is 6.89. The normalized spacial score (nSPS) is 14.7. The van der Waals surface area contributed by atoms with E-state index in [1.165, 1.54) is 6.07 Å². The fourth-order valence-corrected chi connectivity index (χ4v) is 3.05. The van der Waals surface area contributed by atoms with Crippen LogP contribution in [0.25, 0.3) is 0 Å². The van der Waals surface area contributed by atoms with Gasteiger partial charge in [-0.3, -0.25) is 4.79 Å². The molecule has 0 fully saturated rings. The number of benzene rings is 1. The summed E-state index contributed by atoms with van der Waals surface area (Å²) in [6.45, 7) is 9.09. The third-order valence-corrected chi connectivity index (χ3v) is 5.38. The molecule has 0 unspecified atom stereocenters. The van der Waals surface area contributed by atoms with Gasteiger partial charge in [-0.15, -0.1) is 0 Å². The first-order valence-electron chi connectivity index (χ1n) is 7.42. The molecule has 0 spiro atoms. The number of nitrogens with one attached hydrogen (secondary N) is 1. The van der Waals surface area contributed by atoms with Crippen molar-refractivity contribution >= 4 is 15.7 Å². The number of amides is 1. The number of carbonyl (C=O) groups is 1. The maximum Gasteiger partial charge on any atom is 0.252 e. The smallest absolute Gasteiger partial charge is 0.252 e. The van der Waals surface area contributed by atoms with E-state index in [4.69, 9.17) is 0 Å². The summed E-state index contributed by atoms with van der Waals surface area (Å²) in [7, 11) is -3.42. The minimum Gasteiger partial charge on any atom is -0.333 e. The highest BCUT2D eigenvalue weighted by molar-refractivity contribution is 7.90. The Hall–Kier alpha value is -1.87. The standard InChI is InChI=1S/C17H24N2O3S/c1-7-12-8-9-13(10-14(12)23(6,21)22)15(20)19-17(5,11-18)16(2,3)4/h8-10H,7H2,1-6H3,(H,19,20)/t17-/m1/s1. The lowest BCUT2D eigenvalue weighted by molar-refractivity contribution is 0.0867. The van der Waals surface area contributed by atoms with Gasteiger partial charge in [-0.2, -0.15) is 5.26 Å². The third-order valence-electron chi connectivity index (χ3n) is 4.20. The summed E-state index contributed by atoms with van der Waals surface area (Å²) in [5.74, 6) is -0.462. The van der Waals surface area contributed by atoms with Crippen molar-refractivity contribution in [3.05, 3.63) is 29.3 Å². The summed E-state index contributed by atoms with van der Waals surface area (Å²) in [6.07, 6.45) is 1.68. The van der Waals surface area contributed by atoms with Crippen molar-refractivity contribution in [2.24, 2.45) is 5.41 Å². The van der Waals surface area contributed by atoms with E-state index in [0.29, 0.717) is 12.0 Å². The van der Waals surface area contributed by atoms with E-state index in [1.54, 1.807) is 19.1 Å². The molecule has 1 N–H and O–H groups in total. The average molecular weight is 336 g/mol. The predicted molar refractivity (Wildman–Crippen MR) is 89.9 cm³/mol. The van der Waals surface area contributed by atoms with Gasteiger partial charge in [-0.25, -0.2) is 8.42 Å². The molecule has 0 radical (unpaired) electrons. The fourth-order valence-electron chi connectivity index (χ4n) is 2.02.